The molecule has 1 heterocycles. The van der Waals surface area contributed by atoms with Crippen LogP contribution in [0, 0.1) is 0 Å². The van der Waals surface area contributed by atoms with Gasteiger partial charge in [-0.1, -0.05) is 52.7 Å². The van der Waals surface area contributed by atoms with Gasteiger partial charge in [-0.05, 0) is 29.8 Å². The van der Waals surface area contributed by atoms with Gasteiger partial charge in [-0.25, -0.2) is 0 Å². The Kier molecular flexibility index (Phi) is 3.81. The van der Waals surface area contributed by atoms with Crippen molar-refractivity contribution in [1.29, 1.82) is 0 Å². The first-order valence-corrected chi connectivity index (χ1v) is 7.68. The second-order valence-corrected chi connectivity index (χ2v) is 6.27. The molecule has 0 aliphatic rings. The molecule has 3 rings (SSSR count). The Bertz CT molecular complexity index is 734. The summed E-state index contributed by atoms with van der Waals surface area (Å²) in [7, 11) is 0. The maximum Gasteiger partial charge on any atom is 0.0934 e. The van der Waals surface area contributed by atoms with Gasteiger partial charge in [-0.2, -0.15) is 5.10 Å². The Morgan fingerprint density at radius 2 is 1.95 bits per heavy atom. The second-order valence-electron chi connectivity index (χ2n) is 4.98. The van der Waals surface area contributed by atoms with E-state index < -0.39 is 0 Å². The first-order chi connectivity index (χ1) is 9.63. The predicted molar refractivity (Wildman–Crippen MR) is 87.3 cm³/mol. The van der Waals surface area contributed by atoms with Gasteiger partial charge in [0.15, 0.2) is 0 Å². The van der Waals surface area contributed by atoms with E-state index in [1.165, 1.54) is 5.56 Å². The van der Waals surface area contributed by atoms with E-state index in [1.54, 1.807) is 0 Å². The molecule has 0 N–H and O–H groups in total. The molecule has 0 amide bonds. The number of nitrogens with zero attached hydrogens (tertiary/aromatic N) is 2. The second kappa shape index (κ2) is 5.58. The number of rotatable bonds is 3. The molecule has 1 atom stereocenters. The minimum Gasteiger partial charge on any atom is -0.271 e. The van der Waals surface area contributed by atoms with Crippen molar-refractivity contribution < 1.29 is 0 Å². The van der Waals surface area contributed by atoms with Crippen LogP contribution in [0.1, 0.15) is 18.4 Å². The van der Waals surface area contributed by atoms with Gasteiger partial charge in [0, 0.05) is 33.5 Å². The minimum absolute atomic E-state index is 0.389. The molecule has 0 unspecified atom stereocenters. The Balaban J connectivity index is 1.85. The molecule has 0 bridgehead atoms. The molecule has 0 saturated heterocycles. The quantitative estimate of drug-likeness (QED) is 0.631. The van der Waals surface area contributed by atoms with Crippen molar-refractivity contribution >= 4 is 38.4 Å². The van der Waals surface area contributed by atoms with Gasteiger partial charge in [0.25, 0.3) is 0 Å². The van der Waals surface area contributed by atoms with E-state index in [1.807, 2.05) is 35.0 Å². The van der Waals surface area contributed by atoms with E-state index in [4.69, 9.17) is 11.6 Å². The zero-order valence-electron chi connectivity index (χ0n) is 11.1. The summed E-state index contributed by atoms with van der Waals surface area (Å²) in [6, 6.07) is 14.1. The molecule has 20 heavy (non-hydrogen) atoms. The van der Waals surface area contributed by atoms with E-state index in [9.17, 15) is 0 Å². The lowest BCUT2D eigenvalue weighted by Crippen LogP contribution is -2.06. The van der Waals surface area contributed by atoms with Crippen LogP contribution in [-0.2, 0) is 6.54 Å². The third kappa shape index (κ3) is 2.74. The fourth-order valence-electron chi connectivity index (χ4n) is 2.33. The normalized spacial score (nSPS) is 12.8. The molecule has 3 aromatic rings. The van der Waals surface area contributed by atoms with Crippen molar-refractivity contribution in [3.05, 3.63) is 63.7 Å². The van der Waals surface area contributed by atoms with Crippen molar-refractivity contribution in [1.82, 2.24) is 9.78 Å². The van der Waals surface area contributed by atoms with Crippen LogP contribution in [0.2, 0.25) is 5.02 Å². The molecule has 4 heteroatoms. The van der Waals surface area contributed by atoms with Crippen molar-refractivity contribution in [2.45, 2.75) is 19.4 Å². The van der Waals surface area contributed by atoms with Crippen LogP contribution < -0.4 is 0 Å². The fourth-order valence-corrected chi connectivity index (χ4v) is 2.91. The van der Waals surface area contributed by atoms with Crippen LogP contribution >= 0.6 is 27.5 Å². The third-order valence-corrected chi connectivity index (χ3v) is 4.39. The molecule has 0 radical (unpaired) electrons. The summed E-state index contributed by atoms with van der Waals surface area (Å²) in [4.78, 5) is 0. The molecule has 102 valence electrons. The lowest BCUT2D eigenvalue weighted by Gasteiger charge is -2.11. The molecule has 0 aliphatic carbocycles. The molecule has 1 aromatic heterocycles. The van der Waals surface area contributed by atoms with Gasteiger partial charge in [0.1, 0.15) is 0 Å². The number of hydrogen-bond acceptors (Lipinski definition) is 1. The predicted octanol–water partition coefficient (Wildman–Crippen LogP) is 5.26. The monoisotopic (exact) mass is 348 g/mol. The highest BCUT2D eigenvalue weighted by molar-refractivity contribution is 9.10. The van der Waals surface area contributed by atoms with E-state index in [-0.39, 0.29) is 0 Å². The third-order valence-electron chi connectivity index (χ3n) is 3.44. The zero-order chi connectivity index (χ0) is 14.1. The summed E-state index contributed by atoms with van der Waals surface area (Å²) in [5.74, 6) is 0.389. The van der Waals surface area contributed by atoms with Gasteiger partial charge >= 0.3 is 0 Å². The van der Waals surface area contributed by atoms with Crippen LogP contribution in [0.5, 0.6) is 0 Å². The highest BCUT2D eigenvalue weighted by Crippen LogP contribution is 2.24. The highest BCUT2D eigenvalue weighted by Gasteiger charge is 2.09. The summed E-state index contributed by atoms with van der Waals surface area (Å²) < 4.78 is 3.09. The number of hydrogen-bond donors (Lipinski definition) is 0. The maximum absolute atomic E-state index is 5.92. The van der Waals surface area contributed by atoms with Gasteiger partial charge in [0.2, 0.25) is 0 Å². The SMILES string of the molecule is C[C@@H](Cn1cc2c(Br)cccc2n1)c1ccc(Cl)cc1. The van der Waals surface area contributed by atoms with Crippen molar-refractivity contribution in [3.8, 4) is 0 Å². The molecular formula is C16H14BrClN2. The minimum atomic E-state index is 0.389. The average molecular weight is 350 g/mol. The van der Waals surface area contributed by atoms with Crippen LogP contribution in [0.4, 0.5) is 0 Å². The van der Waals surface area contributed by atoms with Crippen LogP contribution in [0.15, 0.2) is 53.1 Å². The van der Waals surface area contributed by atoms with E-state index in [2.05, 4.69) is 46.3 Å². The summed E-state index contributed by atoms with van der Waals surface area (Å²) in [5.41, 5.74) is 2.29. The smallest absolute Gasteiger partial charge is 0.0934 e. The van der Waals surface area contributed by atoms with Crippen molar-refractivity contribution in [2.75, 3.05) is 0 Å². The fraction of sp³-hybridized carbons (Fsp3) is 0.188. The van der Waals surface area contributed by atoms with Crippen LogP contribution in [0.3, 0.4) is 0 Å². The Morgan fingerprint density at radius 1 is 1.20 bits per heavy atom. The van der Waals surface area contributed by atoms with Gasteiger partial charge in [-0.15, -0.1) is 0 Å². The molecule has 0 fully saturated rings. The lowest BCUT2D eigenvalue weighted by atomic mass is 10.0. The lowest BCUT2D eigenvalue weighted by molar-refractivity contribution is 0.547. The zero-order valence-corrected chi connectivity index (χ0v) is 13.4. The van der Waals surface area contributed by atoms with Crippen LogP contribution in [0.25, 0.3) is 10.9 Å². The van der Waals surface area contributed by atoms with E-state index >= 15 is 0 Å². The Hall–Kier alpha value is -1.32. The summed E-state index contributed by atoms with van der Waals surface area (Å²) in [6.45, 7) is 3.05. The Morgan fingerprint density at radius 3 is 2.65 bits per heavy atom. The number of aromatic nitrogens is 2. The summed E-state index contributed by atoms with van der Waals surface area (Å²) >= 11 is 9.49. The van der Waals surface area contributed by atoms with Crippen molar-refractivity contribution in [2.24, 2.45) is 0 Å². The number of fused-ring (bicyclic) bond motifs is 1. The topological polar surface area (TPSA) is 17.8 Å². The van der Waals surface area contributed by atoms with Crippen LogP contribution in [-0.4, -0.2) is 9.78 Å². The largest absolute Gasteiger partial charge is 0.271 e. The Labute approximate surface area is 131 Å². The first kappa shape index (κ1) is 13.7. The van der Waals surface area contributed by atoms with E-state index in [0.717, 1.165) is 26.9 Å². The molecule has 0 spiro atoms. The molecule has 2 aromatic carbocycles. The highest BCUT2D eigenvalue weighted by atomic mass is 79.9. The molecule has 2 nitrogen and oxygen atoms in total. The molecule has 0 saturated carbocycles. The molecule has 0 aliphatic heterocycles. The molecular weight excluding hydrogens is 336 g/mol. The van der Waals surface area contributed by atoms with Gasteiger partial charge < -0.3 is 0 Å². The van der Waals surface area contributed by atoms with Gasteiger partial charge in [-0.3, -0.25) is 4.68 Å². The number of halogens is 2. The van der Waals surface area contributed by atoms with Crippen molar-refractivity contribution in [3.63, 3.8) is 0 Å². The average Bonchev–Trinajstić information content (AvgIpc) is 2.83. The summed E-state index contributed by atoms with van der Waals surface area (Å²) in [5, 5.41) is 6.54. The number of benzene rings is 2. The van der Waals surface area contributed by atoms with E-state index in [0.29, 0.717) is 5.92 Å². The first-order valence-electron chi connectivity index (χ1n) is 6.50. The summed E-state index contributed by atoms with van der Waals surface area (Å²) in [6.07, 6.45) is 2.09. The standard InChI is InChI=1S/C16H14BrClN2/c1-11(12-5-7-13(18)8-6-12)9-20-10-14-15(17)3-2-4-16(14)19-20/h2-8,10-11H,9H2,1H3/t11-/m0/s1. The van der Waals surface area contributed by atoms with Gasteiger partial charge in [0.05, 0.1) is 5.52 Å². The maximum atomic E-state index is 5.92.